The first-order valence-electron chi connectivity index (χ1n) is 10.2. The van der Waals surface area contributed by atoms with E-state index in [0.29, 0.717) is 18.0 Å². The summed E-state index contributed by atoms with van der Waals surface area (Å²) in [5.74, 6) is 0.558. The van der Waals surface area contributed by atoms with E-state index < -0.39 is 0 Å². The lowest BCUT2D eigenvalue weighted by molar-refractivity contribution is -0.118. The standard InChI is InChI=1S/C22H26N4O2S/c1-2-12-23-22-26(25-17-8-6-4-3-5-7-9-17)19(15-29-22)16-10-11-20-18(13-16)24-21(27)14-28-20/h2,10-11,13,15H,1,3-9,12,14H2,(H,24,27). The lowest BCUT2D eigenvalue weighted by Gasteiger charge is -2.18. The predicted molar refractivity (Wildman–Crippen MR) is 118 cm³/mol. The molecular formula is C22H26N4O2S. The van der Waals surface area contributed by atoms with Crippen molar-refractivity contribution in [2.24, 2.45) is 10.1 Å². The molecule has 0 radical (unpaired) electrons. The van der Waals surface area contributed by atoms with Crippen molar-refractivity contribution in [1.82, 2.24) is 4.68 Å². The number of hydrogen-bond donors (Lipinski definition) is 1. The average molecular weight is 411 g/mol. The first-order chi connectivity index (χ1) is 14.2. The van der Waals surface area contributed by atoms with Gasteiger partial charge in [-0.15, -0.1) is 17.9 Å². The molecule has 6 nitrogen and oxygen atoms in total. The van der Waals surface area contributed by atoms with Crippen LogP contribution in [0.2, 0.25) is 0 Å². The molecule has 0 unspecified atom stereocenters. The molecule has 1 amide bonds. The summed E-state index contributed by atoms with van der Waals surface area (Å²) in [5, 5.41) is 9.99. The van der Waals surface area contributed by atoms with Crippen molar-refractivity contribution < 1.29 is 9.53 Å². The summed E-state index contributed by atoms with van der Waals surface area (Å²) in [6, 6.07) is 5.85. The van der Waals surface area contributed by atoms with Crippen LogP contribution >= 0.6 is 11.3 Å². The Bertz CT molecular complexity index is 992. The fourth-order valence-electron chi connectivity index (χ4n) is 3.64. The molecule has 1 aliphatic carbocycles. The summed E-state index contributed by atoms with van der Waals surface area (Å²) in [6.07, 6.45) is 10.1. The van der Waals surface area contributed by atoms with E-state index in [-0.39, 0.29) is 12.5 Å². The van der Waals surface area contributed by atoms with Crippen LogP contribution in [-0.2, 0) is 4.79 Å². The minimum atomic E-state index is -0.135. The number of aromatic nitrogens is 1. The van der Waals surface area contributed by atoms with E-state index in [9.17, 15) is 4.79 Å². The SMILES string of the molecule is C=CCN=c1scc(-c2ccc3c(c2)NC(=O)CO3)n1N=C1CCCCCCC1. The molecule has 0 saturated heterocycles. The quantitative estimate of drug-likeness (QED) is 0.750. The van der Waals surface area contributed by atoms with Crippen molar-refractivity contribution >= 4 is 28.6 Å². The van der Waals surface area contributed by atoms with E-state index in [1.807, 2.05) is 22.9 Å². The number of anilines is 1. The Balaban J connectivity index is 1.76. The maximum absolute atomic E-state index is 11.7. The number of nitrogens with zero attached hydrogens (tertiary/aromatic N) is 3. The zero-order valence-electron chi connectivity index (χ0n) is 16.5. The maximum atomic E-state index is 11.7. The highest BCUT2D eigenvalue weighted by Crippen LogP contribution is 2.33. The molecule has 2 aromatic rings. The molecule has 0 atom stereocenters. The van der Waals surface area contributed by atoms with Crippen LogP contribution < -0.4 is 14.9 Å². The fourth-order valence-corrected chi connectivity index (χ4v) is 4.48. The average Bonchev–Trinajstić information content (AvgIpc) is 3.10. The lowest BCUT2D eigenvalue weighted by atomic mass is 9.99. The van der Waals surface area contributed by atoms with Gasteiger partial charge in [-0.1, -0.05) is 25.3 Å². The molecule has 4 rings (SSSR count). The molecule has 2 heterocycles. The summed E-state index contributed by atoms with van der Waals surface area (Å²) >= 11 is 1.57. The van der Waals surface area contributed by atoms with Gasteiger partial charge in [-0.05, 0) is 43.9 Å². The molecule has 7 heteroatoms. The summed E-state index contributed by atoms with van der Waals surface area (Å²) in [4.78, 5) is 17.2. The van der Waals surface area contributed by atoms with Gasteiger partial charge < -0.3 is 10.1 Å². The van der Waals surface area contributed by atoms with Crippen LogP contribution in [0, 0.1) is 0 Å². The van der Waals surface area contributed by atoms with Crippen molar-refractivity contribution in [3.8, 4) is 17.0 Å². The number of benzene rings is 1. The van der Waals surface area contributed by atoms with Gasteiger partial charge in [0.2, 0.25) is 4.80 Å². The molecule has 1 fully saturated rings. The van der Waals surface area contributed by atoms with E-state index in [0.717, 1.165) is 28.9 Å². The number of ether oxygens (including phenoxy) is 1. The van der Waals surface area contributed by atoms with Gasteiger partial charge in [0.25, 0.3) is 5.91 Å². The van der Waals surface area contributed by atoms with Gasteiger partial charge in [-0.3, -0.25) is 9.79 Å². The highest BCUT2D eigenvalue weighted by atomic mass is 32.1. The third-order valence-corrected chi connectivity index (χ3v) is 5.98. The van der Waals surface area contributed by atoms with Crippen molar-refractivity contribution in [2.45, 2.75) is 44.9 Å². The minimum Gasteiger partial charge on any atom is -0.482 e. The molecular weight excluding hydrogens is 384 g/mol. The Morgan fingerprint density at radius 1 is 1.21 bits per heavy atom. The Hall–Kier alpha value is -2.67. The van der Waals surface area contributed by atoms with Gasteiger partial charge in [-0.25, -0.2) is 4.68 Å². The topological polar surface area (TPSA) is 68.0 Å². The third kappa shape index (κ3) is 4.67. The van der Waals surface area contributed by atoms with Crippen LogP contribution in [0.15, 0.2) is 46.3 Å². The molecule has 29 heavy (non-hydrogen) atoms. The molecule has 1 aromatic heterocycles. The van der Waals surface area contributed by atoms with Crippen LogP contribution in [0.1, 0.15) is 44.9 Å². The van der Waals surface area contributed by atoms with E-state index in [1.54, 1.807) is 17.4 Å². The summed E-state index contributed by atoms with van der Waals surface area (Å²) < 4.78 is 7.45. The number of carbonyl (C=O) groups excluding carboxylic acids is 1. The molecule has 1 saturated carbocycles. The zero-order chi connectivity index (χ0) is 20.1. The Morgan fingerprint density at radius 3 is 2.79 bits per heavy atom. The van der Waals surface area contributed by atoms with Crippen LogP contribution in [0.3, 0.4) is 0 Å². The van der Waals surface area contributed by atoms with Gasteiger partial charge in [0, 0.05) is 16.7 Å². The van der Waals surface area contributed by atoms with Gasteiger partial charge in [0.15, 0.2) is 6.61 Å². The zero-order valence-corrected chi connectivity index (χ0v) is 17.3. The summed E-state index contributed by atoms with van der Waals surface area (Å²) in [6.45, 7) is 4.39. The van der Waals surface area contributed by atoms with Gasteiger partial charge in [0.1, 0.15) is 5.75 Å². The number of rotatable bonds is 4. The normalized spacial score (nSPS) is 17.6. The van der Waals surface area contributed by atoms with E-state index >= 15 is 0 Å². The second-order valence-corrected chi connectivity index (χ2v) is 8.16. The molecule has 1 N–H and O–H groups in total. The third-order valence-electron chi connectivity index (χ3n) is 5.12. The monoisotopic (exact) mass is 410 g/mol. The van der Waals surface area contributed by atoms with Gasteiger partial charge in [-0.2, -0.15) is 5.10 Å². The Kier molecular flexibility index (Phi) is 6.24. The summed E-state index contributed by atoms with van der Waals surface area (Å²) in [5.41, 5.74) is 3.87. The van der Waals surface area contributed by atoms with Crippen LogP contribution in [-0.4, -0.2) is 29.4 Å². The number of fused-ring (bicyclic) bond motifs is 1. The number of nitrogens with one attached hydrogen (secondary N) is 1. The number of hydrogen-bond acceptors (Lipinski definition) is 5. The van der Waals surface area contributed by atoms with Crippen molar-refractivity contribution in [2.75, 3.05) is 18.5 Å². The molecule has 1 aromatic carbocycles. The summed E-state index contributed by atoms with van der Waals surface area (Å²) in [7, 11) is 0. The smallest absolute Gasteiger partial charge is 0.262 e. The predicted octanol–water partition coefficient (Wildman–Crippen LogP) is 4.58. The lowest BCUT2D eigenvalue weighted by Crippen LogP contribution is -2.25. The van der Waals surface area contributed by atoms with Gasteiger partial charge >= 0.3 is 0 Å². The molecule has 0 spiro atoms. The molecule has 152 valence electrons. The first kappa shape index (κ1) is 19.6. The van der Waals surface area contributed by atoms with Crippen molar-refractivity contribution in [3.63, 3.8) is 0 Å². The minimum absolute atomic E-state index is 0.0586. The Morgan fingerprint density at radius 2 is 2.00 bits per heavy atom. The number of amides is 1. The Labute approximate surface area is 174 Å². The maximum Gasteiger partial charge on any atom is 0.262 e. The fraction of sp³-hybridized carbons (Fsp3) is 0.409. The first-order valence-corrected chi connectivity index (χ1v) is 11.1. The second kappa shape index (κ2) is 9.22. The largest absolute Gasteiger partial charge is 0.482 e. The molecule has 2 aliphatic rings. The van der Waals surface area contributed by atoms with Gasteiger partial charge in [0.05, 0.1) is 17.9 Å². The van der Waals surface area contributed by atoms with E-state index in [1.165, 1.54) is 37.8 Å². The number of thiazole rings is 1. The van der Waals surface area contributed by atoms with Crippen molar-refractivity contribution in [1.29, 1.82) is 0 Å². The number of carbonyl (C=O) groups is 1. The van der Waals surface area contributed by atoms with E-state index in [4.69, 9.17) is 9.84 Å². The van der Waals surface area contributed by atoms with Crippen molar-refractivity contribution in [3.05, 3.63) is 41.0 Å². The second-order valence-electron chi connectivity index (χ2n) is 7.33. The molecule has 1 aliphatic heterocycles. The molecule has 0 bridgehead atoms. The highest BCUT2D eigenvalue weighted by Gasteiger charge is 2.18. The van der Waals surface area contributed by atoms with Crippen LogP contribution in [0.5, 0.6) is 5.75 Å². The highest BCUT2D eigenvalue weighted by molar-refractivity contribution is 7.07. The van der Waals surface area contributed by atoms with Crippen LogP contribution in [0.4, 0.5) is 5.69 Å². The van der Waals surface area contributed by atoms with E-state index in [2.05, 4.69) is 22.3 Å². The van der Waals surface area contributed by atoms with Crippen LogP contribution in [0.25, 0.3) is 11.3 Å².